The molecule has 2 aromatic carbocycles. The summed E-state index contributed by atoms with van der Waals surface area (Å²) in [5, 5.41) is 11.7. The minimum Gasteiger partial charge on any atom is -0.378 e. The number of nitrogens with two attached hydrogens (primary N) is 1. The maximum Gasteiger partial charge on any atom is 0.354 e. The molecule has 0 unspecified atom stereocenters. The van der Waals surface area contributed by atoms with E-state index in [2.05, 4.69) is 9.97 Å². The second kappa shape index (κ2) is 7.56. The summed E-state index contributed by atoms with van der Waals surface area (Å²) >= 11 is 11.8. The molecule has 0 atom stereocenters. The van der Waals surface area contributed by atoms with E-state index in [0.717, 1.165) is 4.90 Å². The van der Waals surface area contributed by atoms with E-state index in [1.165, 1.54) is 12.1 Å². The number of nitrogen functional groups attached to an aromatic ring is 1. The average molecular weight is 404 g/mol. The van der Waals surface area contributed by atoms with Gasteiger partial charge < -0.3 is 5.73 Å². The number of aromatic nitrogens is 2. The van der Waals surface area contributed by atoms with Crippen LogP contribution in [0.2, 0.25) is 10.3 Å². The van der Waals surface area contributed by atoms with Crippen molar-refractivity contribution in [2.24, 2.45) is 0 Å². The average Bonchev–Trinajstić information content (AvgIpc) is 2.63. The Kier molecular flexibility index (Phi) is 5.20. The first-order valence-corrected chi connectivity index (χ1v) is 8.26. The fraction of sp³-hybridized carbons (Fsp3) is 0. The van der Waals surface area contributed by atoms with Crippen molar-refractivity contribution in [3.05, 3.63) is 80.6 Å². The summed E-state index contributed by atoms with van der Waals surface area (Å²) in [6, 6.07) is 14.4. The minimum atomic E-state index is -0.762. The van der Waals surface area contributed by atoms with Gasteiger partial charge in [0.05, 0.1) is 10.6 Å². The van der Waals surface area contributed by atoms with Crippen molar-refractivity contribution in [2.45, 2.75) is 0 Å². The molecule has 1 heterocycles. The van der Waals surface area contributed by atoms with Gasteiger partial charge in [0, 0.05) is 10.6 Å². The van der Waals surface area contributed by atoms with Crippen LogP contribution in [0, 0.1) is 10.1 Å². The molecule has 3 aromatic rings. The smallest absolute Gasteiger partial charge is 0.354 e. The van der Waals surface area contributed by atoms with E-state index in [4.69, 9.17) is 28.9 Å². The van der Waals surface area contributed by atoms with Crippen LogP contribution in [0.5, 0.6) is 0 Å². The highest BCUT2D eigenvalue weighted by atomic mass is 35.5. The van der Waals surface area contributed by atoms with Crippen molar-refractivity contribution in [3.8, 4) is 0 Å². The van der Waals surface area contributed by atoms with Crippen molar-refractivity contribution >= 4 is 52.1 Å². The number of hydrogen-bond acceptors (Lipinski definition) is 6. The van der Waals surface area contributed by atoms with Crippen LogP contribution >= 0.6 is 23.2 Å². The summed E-state index contributed by atoms with van der Waals surface area (Å²) < 4.78 is 0. The van der Waals surface area contributed by atoms with Gasteiger partial charge in [-0.15, -0.1) is 0 Å². The Morgan fingerprint density at radius 3 is 2.26 bits per heavy atom. The second-order valence-electron chi connectivity index (χ2n) is 5.29. The van der Waals surface area contributed by atoms with Crippen LogP contribution in [-0.4, -0.2) is 20.8 Å². The van der Waals surface area contributed by atoms with Gasteiger partial charge in [0.15, 0.2) is 0 Å². The largest absolute Gasteiger partial charge is 0.378 e. The van der Waals surface area contributed by atoms with E-state index < -0.39 is 22.3 Å². The van der Waals surface area contributed by atoms with Gasteiger partial charge in [-0.05, 0) is 48.0 Å². The van der Waals surface area contributed by atoms with Crippen molar-refractivity contribution in [1.82, 2.24) is 9.97 Å². The first-order chi connectivity index (χ1) is 12.9. The molecule has 136 valence electrons. The van der Waals surface area contributed by atoms with Crippen molar-refractivity contribution in [2.75, 3.05) is 10.6 Å². The van der Waals surface area contributed by atoms with E-state index in [1.807, 2.05) is 0 Å². The molecular weight excluding hydrogens is 393 g/mol. The molecule has 0 aliphatic heterocycles. The molecule has 0 fully saturated rings. The Labute approximate surface area is 163 Å². The summed E-state index contributed by atoms with van der Waals surface area (Å²) in [7, 11) is 0. The van der Waals surface area contributed by atoms with E-state index in [0.29, 0.717) is 10.7 Å². The van der Waals surface area contributed by atoms with Crippen molar-refractivity contribution in [3.63, 3.8) is 0 Å². The predicted molar refractivity (Wildman–Crippen MR) is 102 cm³/mol. The zero-order valence-corrected chi connectivity index (χ0v) is 15.1. The van der Waals surface area contributed by atoms with Crippen LogP contribution in [0.4, 0.5) is 23.0 Å². The zero-order valence-electron chi connectivity index (χ0n) is 13.5. The van der Waals surface area contributed by atoms with Gasteiger partial charge in [-0.3, -0.25) is 19.8 Å². The lowest BCUT2D eigenvalue weighted by Crippen LogP contribution is -2.28. The van der Waals surface area contributed by atoms with Gasteiger partial charge in [-0.2, -0.15) is 9.97 Å². The lowest BCUT2D eigenvalue weighted by Gasteiger charge is -2.22. The fourth-order valence-corrected chi connectivity index (χ4v) is 2.70. The molecule has 0 radical (unpaired) electrons. The Morgan fingerprint density at radius 2 is 1.67 bits per heavy atom. The molecule has 1 aromatic heterocycles. The van der Waals surface area contributed by atoms with Gasteiger partial charge in [-0.1, -0.05) is 29.8 Å². The van der Waals surface area contributed by atoms with Crippen LogP contribution in [0.15, 0.2) is 54.6 Å². The molecule has 0 aliphatic carbocycles. The number of anilines is 3. The van der Waals surface area contributed by atoms with Gasteiger partial charge in [-0.25, -0.2) is 0 Å². The van der Waals surface area contributed by atoms with Crippen LogP contribution in [0.3, 0.4) is 0 Å². The monoisotopic (exact) mass is 403 g/mol. The number of rotatable bonds is 4. The number of amides is 1. The molecule has 1 amide bonds. The highest BCUT2D eigenvalue weighted by Gasteiger charge is 2.32. The maximum absolute atomic E-state index is 13.2. The Bertz CT molecular complexity index is 1010. The highest BCUT2D eigenvalue weighted by molar-refractivity contribution is 6.30. The van der Waals surface area contributed by atoms with Crippen LogP contribution in [0.1, 0.15) is 10.4 Å². The molecule has 0 aliphatic rings. The third-order valence-electron chi connectivity index (χ3n) is 3.57. The number of halogens is 2. The number of nitrogens with zero attached hydrogens (tertiary/aromatic N) is 4. The molecule has 10 heteroatoms. The Balaban J connectivity index is 2.27. The van der Waals surface area contributed by atoms with Crippen LogP contribution in [0.25, 0.3) is 0 Å². The highest BCUT2D eigenvalue weighted by Crippen LogP contribution is 2.37. The van der Waals surface area contributed by atoms with Gasteiger partial charge in [0.2, 0.25) is 16.9 Å². The van der Waals surface area contributed by atoms with Gasteiger partial charge in [0.25, 0.3) is 5.91 Å². The predicted octanol–water partition coefficient (Wildman–Crippen LogP) is 4.25. The van der Waals surface area contributed by atoms with Crippen LogP contribution in [-0.2, 0) is 0 Å². The number of hydrogen-bond donors (Lipinski definition) is 1. The number of nitro groups is 1. The fourth-order valence-electron chi connectivity index (χ4n) is 2.40. The summed E-state index contributed by atoms with van der Waals surface area (Å²) in [5.74, 6) is -1.35. The normalized spacial score (nSPS) is 10.4. The lowest BCUT2D eigenvalue weighted by atomic mass is 10.1. The third kappa shape index (κ3) is 3.81. The van der Waals surface area contributed by atoms with E-state index in [1.54, 1.807) is 42.5 Å². The topological polar surface area (TPSA) is 115 Å². The quantitative estimate of drug-likeness (QED) is 0.395. The Morgan fingerprint density at radius 1 is 1.04 bits per heavy atom. The van der Waals surface area contributed by atoms with Crippen molar-refractivity contribution < 1.29 is 9.72 Å². The zero-order chi connectivity index (χ0) is 19.6. The number of carbonyl (C=O) groups excluding carboxylic acids is 1. The molecule has 0 spiro atoms. The van der Waals surface area contributed by atoms with Crippen LogP contribution < -0.4 is 10.6 Å². The molecule has 27 heavy (non-hydrogen) atoms. The Hall–Kier alpha value is -3.23. The van der Waals surface area contributed by atoms with Gasteiger partial charge >= 0.3 is 5.69 Å². The standard InChI is InChI=1S/C17H11Cl2N5O3/c18-11-6-8-12(9-7-11)23(16(25)10-4-2-1-3-5-10)15-13(24(26)27)14(20)21-17(19)22-15/h1-9H,(H2,20,21,22). The molecule has 0 saturated carbocycles. The molecule has 0 bridgehead atoms. The van der Waals surface area contributed by atoms with E-state index in [9.17, 15) is 14.9 Å². The first-order valence-electron chi connectivity index (χ1n) is 7.51. The van der Waals surface area contributed by atoms with Crippen molar-refractivity contribution in [1.29, 1.82) is 0 Å². The molecule has 3 rings (SSSR count). The maximum atomic E-state index is 13.2. The minimum absolute atomic E-state index is 0.287. The SMILES string of the molecule is Nc1nc(Cl)nc(N(C(=O)c2ccccc2)c2ccc(Cl)cc2)c1[N+](=O)[O-]. The summed E-state index contributed by atoms with van der Waals surface area (Å²) in [6.07, 6.45) is 0. The van der Waals surface area contributed by atoms with Gasteiger partial charge in [0.1, 0.15) is 0 Å². The van der Waals surface area contributed by atoms with E-state index in [-0.39, 0.29) is 16.7 Å². The number of carbonyl (C=O) groups is 1. The lowest BCUT2D eigenvalue weighted by molar-refractivity contribution is -0.383. The summed E-state index contributed by atoms with van der Waals surface area (Å²) in [5.41, 5.74) is 5.62. The molecule has 8 nitrogen and oxygen atoms in total. The number of benzene rings is 2. The summed E-state index contributed by atoms with van der Waals surface area (Å²) in [6.45, 7) is 0. The summed E-state index contributed by atoms with van der Waals surface area (Å²) in [4.78, 5) is 32.5. The second-order valence-corrected chi connectivity index (χ2v) is 6.06. The molecular formula is C17H11Cl2N5O3. The third-order valence-corrected chi connectivity index (χ3v) is 3.99. The molecule has 0 saturated heterocycles. The molecule has 2 N–H and O–H groups in total. The first kappa shape index (κ1) is 18.6. The van der Waals surface area contributed by atoms with E-state index >= 15 is 0 Å².